The molecule has 1 rings (SSSR count). The minimum Gasteiger partial charge on any atom is -0.365 e. The van der Waals surface area contributed by atoms with Gasteiger partial charge in [-0.3, -0.25) is 0 Å². The minimum atomic E-state index is -1.05. The van der Waals surface area contributed by atoms with Crippen LogP contribution in [0.2, 0.25) is 0 Å². The molecule has 0 aromatic rings. The van der Waals surface area contributed by atoms with Crippen LogP contribution in [0.15, 0.2) is 0 Å². The van der Waals surface area contributed by atoms with Crippen molar-refractivity contribution in [2.24, 2.45) is 0 Å². The van der Waals surface area contributed by atoms with Crippen LogP contribution < -0.4 is 0 Å². The van der Waals surface area contributed by atoms with Crippen LogP contribution in [0.3, 0.4) is 0 Å². The van der Waals surface area contributed by atoms with Crippen LogP contribution in [0, 0.1) is 0 Å². The number of hydrogen-bond donors (Lipinski definition) is 1. The molecule has 0 aliphatic carbocycles. The molecule has 93 valence electrons. The third-order valence-corrected chi connectivity index (χ3v) is 3.08. The standard InChI is InChI=1S/C11H23NO3.Y/c1-9(2)7-11(13,14-5)8-10(3,4)12(9)15-6;/h13H,7-8H2,1-6H3;. The maximum absolute atomic E-state index is 10.3. The van der Waals surface area contributed by atoms with E-state index in [0.29, 0.717) is 12.8 Å². The van der Waals surface area contributed by atoms with Crippen molar-refractivity contribution >= 4 is 0 Å². The van der Waals surface area contributed by atoms with E-state index in [4.69, 9.17) is 9.57 Å². The van der Waals surface area contributed by atoms with Crippen LogP contribution in [-0.2, 0) is 42.3 Å². The van der Waals surface area contributed by atoms with Crippen molar-refractivity contribution < 1.29 is 47.4 Å². The fraction of sp³-hybridized carbons (Fsp3) is 1.00. The Hall–Kier alpha value is 0.944. The molecule has 16 heavy (non-hydrogen) atoms. The second-order valence-electron chi connectivity index (χ2n) is 5.61. The molecule has 1 N–H and O–H groups in total. The molecule has 0 atom stereocenters. The molecule has 0 saturated carbocycles. The van der Waals surface area contributed by atoms with Crippen LogP contribution in [0.25, 0.3) is 0 Å². The van der Waals surface area contributed by atoms with Gasteiger partial charge in [0.05, 0.1) is 7.11 Å². The van der Waals surface area contributed by atoms with E-state index in [2.05, 4.69) is 0 Å². The predicted molar refractivity (Wildman–Crippen MR) is 58.2 cm³/mol. The molecule has 0 aromatic carbocycles. The van der Waals surface area contributed by atoms with Crippen molar-refractivity contribution in [3.05, 3.63) is 0 Å². The zero-order chi connectivity index (χ0) is 11.9. The average molecular weight is 306 g/mol. The molecule has 0 spiro atoms. The molecule has 5 heteroatoms. The number of rotatable bonds is 2. The topological polar surface area (TPSA) is 41.9 Å². The number of aliphatic hydroxyl groups is 1. The molecule has 4 nitrogen and oxygen atoms in total. The van der Waals surface area contributed by atoms with Gasteiger partial charge >= 0.3 is 0 Å². The fourth-order valence-electron chi connectivity index (χ4n) is 3.02. The molecule has 1 fully saturated rings. The Morgan fingerprint density at radius 3 is 1.62 bits per heavy atom. The van der Waals surface area contributed by atoms with Gasteiger partial charge in [0, 0.05) is 63.7 Å². The van der Waals surface area contributed by atoms with Crippen molar-refractivity contribution in [1.29, 1.82) is 0 Å². The zero-order valence-corrected chi connectivity index (χ0v) is 14.0. The van der Waals surface area contributed by atoms with Crippen molar-refractivity contribution in [3.8, 4) is 0 Å². The van der Waals surface area contributed by atoms with Crippen molar-refractivity contribution in [3.63, 3.8) is 0 Å². The first-order valence-electron chi connectivity index (χ1n) is 5.29. The van der Waals surface area contributed by atoms with Crippen LogP contribution in [-0.4, -0.2) is 41.3 Å². The number of nitrogens with zero attached hydrogens (tertiary/aromatic N) is 1. The summed E-state index contributed by atoms with van der Waals surface area (Å²) < 4.78 is 5.22. The average Bonchev–Trinajstić information content (AvgIpc) is 1.99. The first-order chi connectivity index (χ1) is 6.67. The maximum Gasteiger partial charge on any atom is 0.168 e. The van der Waals surface area contributed by atoms with Gasteiger partial charge in [0.2, 0.25) is 0 Å². The molecule has 1 saturated heterocycles. The van der Waals surface area contributed by atoms with Crippen LogP contribution in [0.4, 0.5) is 0 Å². The van der Waals surface area contributed by atoms with E-state index in [0.717, 1.165) is 0 Å². The quantitative estimate of drug-likeness (QED) is 0.786. The number of hydroxylamine groups is 2. The van der Waals surface area contributed by atoms with E-state index in [1.54, 1.807) is 14.2 Å². The zero-order valence-electron chi connectivity index (χ0n) is 11.2. The van der Waals surface area contributed by atoms with Crippen LogP contribution in [0.1, 0.15) is 40.5 Å². The molecule has 0 bridgehead atoms. The van der Waals surface area contributed by atoms with E-state index < -0.39 is 5.79 Å². The van der Waals surface area contributed by atoms with Gasteiger partial charge in [0.15, 0.2) is 5.79 Å². The van der Waals surface area contributed by atoms with Gasteiger partial charge in [0.25, 0.3) is 0 Å². The molecule has 0 aromatic heterocycles. The summed E-state index contributed by atoms with van der Waals surface area (Å²) in [4.78, 5) is 5.43. The van der Waals surface area contributed by atoms with Gasteiger partial charge in [-0.25, -0.2) is 0 Å². The summed E-state index contributed by atoms with van der Waals surface area (Å²) in [6, 6.07) is 0. The van der Waals surface area contributed by atoms with E-state index in [1.807, 2.05) is 32.8 Å². The summed E-state index contributed by atoms with van der Waals surface area (Å²) in [7, 11) is 3.22. The Morgan fingerprint density at radius 2 is 1.38 bits per heavy atom. The Morgan fingerprint density at radius 1 is 1.00 bits per heavy atom. The van der Waals surface area contributed by atoms with Gasteiger partial charge in [0.1, 0.15) is 0 Å². The summed E-state index contributed by atoms with van der Waals surface area (Å²) in [6.07, 6.45) is 1.07. The molecular weight excluding hydrogens is 283 g/mol. The molecule has 0 amide bonds. The van der Waals surface area contributed by atoms with Gasteiger partial charge in [-0.1, -0.05) is 0 Å². The monoisotopic (exact) mass is 306 g/mol. The summed E-state index contributed by atoms with van der Waals surface area (Å²) in [5, 5.41) is 12.2. The first kappa shape index (κ1) is 16.9. The van der Waals surface area contributed by atoms with E-state index in [1.165, 1.54) is 0 Å². The molecule has 1 aliphatic heterocycles. The number of hydrogen-bond acceptors (Lipinski definition) is 4. The summed E-state index contributed by atoms with van der Waals surface area (Å²) >= 11 is 0. The largest absolute Gasteiger partial charge is 0.365 e. The van der Waals surface area contributed by atoms with Crippen molar-refractivity contribution in [1.82, 2.24) is 5.06 Å². The summed E-state index contributed by atoms with van der Waals surface area (Å²) in [6.45, 7) is 8.17. The summed E-state index contributed by atoms with van der Waals surface area (Å²) in [5.74, 6) is -1.05. The van der Waals surface area contributed by atoms with Gasteiger partial charge < -0.3 is 14.7 Å². The number of ether oxygens (including phenoxy) is 1. The second-order valence-corrected chi connectivity index (χ2v) is 5.61. The summed E-state index contributed by atoms with van der Waals surface area (Å²) in [5.41, 5.74) is -0.498. The molecule has 1 heterocycles. The molecular formula is C11H23NO3Y. The minimum absolute atomic E-state index is 0. The molecule has 1 radical (unpaired) electrons. The van der Waals surface area contributed by atoms with E-state index >= 15 is 0 Å². The third-order valence-electron chi connectivity index (χ3n) is 3.08. The maximum atomic E-state index is 10.3. The molecule has 1 aliphatic rings. The van der Waals surface area contributed by atoms with E-state index in [-0.39, 0.29) is 43.8 Å². The van der Waals surface area contributed by atoms with Gasteiger partial charge in [-0.15, -0.1) is 0 Å². The Labute approximate surface area is 124 Å². The van der Waals surface area contributed by atoms with Crippen molar-refractivity contribution in [2.45, 2.75) is 57.4 Å². The SMILES string of the molecule is CON1C(C)(C)CC(O)(OC)CC1(C)C.[Y]. The van der Waals surface area contributed by atoms with Crippen LogP contribution >= 0.6 is 0 Å². The normalized spacial score (nSPS) is 27.2. The van der Waals surface area contributed by atoms with Gasteiger partial charge in [-0.2, -0.15) is 5.06 Å². The number of piperidine rings is 1. The predicted octanol–water partition coefficient (Wildman–Crippen LogP) is 1.53. The number of methoxy groups -OCH3 is 1. The van der Waals surface area contributed by atoms with Crippen molar-refractivity contribution in [2.75, 3.05) is 14.2 Å². The Bertz CT molecular complexity index is 225. The second kappa shape index (κ2) is 5.29. The van der Waals surface area contributed by atoms with Gasteiger partial charge in [-0.05, 0) is 27.7 Å². The van der Waals surface area contributed by atoms with E-state index in [9.17, 15) is 5.11 Å². The third kappa shape index (κ3) is 3.24. The first-order valence-corrected chi connectivity index (χ1v) is 5.29. The Kier molecular flexibility index (Phi) is 5.60. The fourth-order valence-corrected chi connectivity index (χ4v) is 3.02. The molecule has 0 unspecified atom stereocenters. The smallest absolute Gasteiger partial charge is 0.168 e. The van der Waals surface area contributed by atoms with Crippen LogP contribution in [0.5, 0.6) is 0 Å². The Balaban J connectivity index is 0.00000225.